The van der Waals surface area contributed by atoms with E-state index in [1.165, 1.54) is 0 Å². The topological polar surface area (TPSA) is 85.8 Å². The van der Waals surface area contributed by atoms with Crippen molar-refractivity contribution in [3.05, 3.63) is 83.8 Å². The normalized spacial score (nSPS) is 11.1. The van der Waals surface area contributed by atoms with Crippen molar-refractivity contribution in [1.29, 1.82) is 0 Å². The van der Waals surface area contributed by atoms with Crippen LogP contribution in [0.5, 0.6) is 0 Å². The summed E-state index contributed by atoms with van der Waals surface area (Å²) in [6.07, 6.45) is 2.11. The molecule has 3 aromatic heterocycles. The van der Waals surface area contributed by atoms with Crippen LogP contribution in [-0.2, 0) is 17.8 Å². The summed E-state index contributed by atoms with van der Waals surface area (Å²) in [4.78, 5) is 22.4. The van der Waals surface area contributed by atoms with Gasteiger partial charge in [-0.2, -0.15) is 4.98 Å². The van der Waals surface area contributed by atoms with Crippen LogP contribution in [0.1, 0.15) is 11.5 Å². The molecule has 1 amide bonds. The first kappa shape index (κ1) is 18.3. The van der Waals surface area contributed by atoms with Gasteiger partial charge in [-0.25, -0.2) is 4.98 Å². The number of nitrogens with one attached hydrogen (secondary N) is 1. The maximum atomic E-state index is 12.7. The molecular formula is C22H17N5O2S. The summed E-state index contributed by atoms with van der Waals surface area (Å²) in [6.45, 7) is 0.179. The van der Waals surface area contributed by atoms with E-state index >= 15 is 0 Å². The summed E-state index contributed by atoms with van der Waals surface area (Å²) >= 11 is 1.56. The molecule has 0 saturated heterocycles. The van der Waals surface area contributed by atoms with Crippen molar-refractivity contribution in [2.75, 3.05) is 5.32 Å². The molecule has 0 fully saturated rings. The van der Waals surface area contributed by atoms with Crippen LogP contribution < -0.4 is 5.32 Å². The van der Waals surface area contributed by atoms with Gasteiger partial charge >= 0.3 is 0 Å². The Balaban J connectivity index is 1.32. The number of hydrogen-bond donors (Lipinski definition) is 1. The van der Waals surface area contributed by atoms with Crippen LogP contribution in [0.4, 0.5) is 5.69 Å². The third-order valence-corrected chi connectivity index (χ3v) is 5.55. The van der Waals surface area contributed by atoms with Crippen LogP contribution in [0, 0.1) is 0 Å². The molecule has 0 spiro atoms. The van der Waals surface area contributed by atoms with Crippen molar-refractivity contribution in [1.82, 2.24) is 19.7 Å². The molecule has 5 rings (SSSR count). The monoisotopic (exact) mass is 415 g/mol. The molecular weight excluding hydrogens is 398 g/mol. The molecule has 148 valence electrons. The van der Waals surface area contributed by atoms with E-state index in [4.69, 9.17) is 4.52 Å². The minimum absolute atomic E-state index is 0.129. The number of amides is 1. The quantitative estimate of drug-likeness (QED) is 0.445. The Morgan fingerprint density at radius 2 is 1.93 bits per heavy atom. The van der Waals surface area contributed by atoms with Crippen molar-refractivity contribution in [2.45, 2.75) is 13.0 Å². The van der Waals surface area contributed by atoms with E-state index in [1.807, 2.05) is 70.6 Å². The standard InChI is InChI=1S/C22H17N5O2S/c28-20(13-27-14-23-17-8-3-4-9-18(17)27)24-16-7-2-1-6-15(16)12-21-25-22(26-29-21)19-10-5-11-30-19/h1-11,14H,12-13H2,(H,24,28). The van der Waals surface area contributed by atoms with E-state index in [2.05, 4.69) is 20.4 Å². The smallest absolute Gasteiger partial charge is 0.244 e. The molecule has 8 heteroatoms. The second-order valence-corrected chi connectivity index (χ2v) is 7.68. The molecule has 1 N–H and O–H groups in total. The van der Waals surface area contributed by atoms with E-state index < -0.39 is 0 Å². The molecule has 3 heterocycles. The molecule has 0 radical (unpaired) electrons. The van der Waals surface area contributed by atoms with Gasteiger partial charge in [-0.05, 0) is 35.2 Å². The molecule has 0 aliphatic rings. The minimum Gasteiger partial charge on any atom is -0.339 e. The van der Waals surface area contributed by atoms with Crippen LogP contribution in [0.15, 0.2) is 76.9 Å². The molecule has 7 nitrogen and oxygen atoms in total. The first-order valence-corrected chi connectivity index (χ1v) is 10.3. The van der Waals surface area contributed by atoms with Gasteiger partial charge in [0.1, 0.15) is 6.54 Å². The molecule has 0 atom stereocenters. The number of rotatable bonds is 6. The number of thiophene rings is 1. The van der Waals surface area contributed by atoms with Crippen molar-refractivity contribution < 1.29 is 9.32 Å². The van der Waals surface area contributed by atoms with E-state index in [1.54, 1.807) is 17.7 Å². The highest BCUT2D eigenvalue weighted by Gasteiger charge is 2.14. The lowest BCUT2D eigenvalue weighted by molar-refractivity contribution is -0.116. The summed E-state index contributed by atoms with van der Waals surface area (Å²) in [5, 5.41) is 9.02. The second kappa shape index (κ2) is 7.92. The zero-order valence-corrected chi connectivity index (χ0v) is 16.7. The number of imidazole rings is 1. The fraction of sp³-hybridized carbons (Fsp3) is 0.0909. The highest BCUT2D eigenvalue weighted by Crippen LogP contribution is 2.24. The number of para-hydroxylation sites is 3. The van der Waals surface area contributed by atoms with Crippen LogP contribution in [0.25, 0.3) is 21.7 Å². The van der Waals surface area contributed by atoms with Gasteiger partial charge in [0.25, 0.3) is 0 Å². The summed E-state index contributed by atoms with van der Waals surface area (Å²) in [5.41, 5.74) is 3.42. The average Bonchev–Trinajstić information content (AvgIpc) is 3.51. The zero-order chi connectivity index (χ0) is 20.3. The Kier molecular flexibility index (Phi) is 4.82. The highest BCUT2D eigenvalue weighted by atomic mass is 32.1. The number of hydrogen-bond acceptors (Lipinski definition) is 6. The van der Waals surface area contributed by atoms with Crippen molar-refractivity contribution >= 4 is 34.0 Å². The van der Waals surface area contributed by atoms with Gasteiger partial charge in [0.05, 0.1) is 28.7 Å². The van der Waals surface area contributed by atoms with Crippen molar-refractivity contribution in [2.24, 2.45) is 0 Å². The number of carbonyl (C=O) groups is 1. The summed E-state index contributed by atoms with van der Waals surface area (Å²) in [7, 11) is 0. The third-order valence-electron chi connectivity index (χ3n) is 4.68. The molecule has 0 saturated carbocycles. The van der Waals surface area contributed by atoms with Gasteiger partial charge in [0, 0.05) is 5.69 Å². The summed E-state index contributed by atoms with van der Waals surface area (Å²) < 4.78 is 7.24. The van der Waals surface area contributed by atoms with Gasteiger partial charge in [0.2, 0.25) is 17.6 Å². The van der Waals surface area contributed by atoms with E-state index in [-0.39, 0.29) is 12.5 Å². The average molecular weight is 415 g/mol. The summed E-state index contributed by atoms with van der Waals surface area (Å²) in [6, 6.07) is 19.3. The van der Waals surface area contributed by atoms with Gasteiger partial charge in [-0.3, -0.25) is 4.79 Å². The number of anilines is 1. The molecule has 30 heavy (non-hydrogen) atoms. The maximum absolute atomic E-state index is 12.7. The fourth-order valence-electron chi connectivity index (χ4n) is 3.27. The van der Waals surface area contributed by atoms with Gasteiger partial charge in [-0.1, -0.05) is 41.6 Å². The Morgan fingerprint density at radius 1 is 1.07 bits per heavy atom. The fourth-order valence-corrected chi connectivity index (χ4v) is 3.92. The zero-order valence-electron chi connectivity index (χ0n) is 15.9. The van der Waals surface area contributed by atoms with Crippen LogP contribution in [-0.4, -0.2) is 25.6 Å². The molecule has 0 unspecified atom stereocenters. The van der Waals surface area contributed by atoms with E-state index in [9.17, 15) is 4.79 Å². The lowest BCUT2D eigenvalue weighted by atomic mass is 10.1. The lowest BCUT2D eigenvalue weighted by Gasteiger charge is -2.10. The predicted octanol–water partition coefficient (Wildman–Crippen LogP) is 4.38. The molecule has 0 aliphatic heterocycles. The Labute approximate surface area is 176 Å². The number of benzene rings is 2. The first-order chi connectivity index (χ1) is 14.8. The maximum Gasteiger partial charge on any atom is 0.244 e. The van der Waals surface area contributed by atoms with Gasteiger partial charge in [0.15, 0.2) is 0 Å². The second-order valence-electron chi connectivity index (χ2n) is 6.73. The predicted molar refractivity (Wildman–Crippen MR) is 115 cm³/mol. The number of fused-ring (bicyclic) bond motifs is 1. The van der Waals surface area contributed by atoms with Crippen LogP contribution in [0.2, 0.25) is 0 Å². The SMILES string of the molecule is O=C(Cn1cnc2ccccc21)Nc1ccccc1Cc1nc(-c2cccs2)no1. The lowest BCUT2D eigenvalue weighted by Crippen LogP contribution is -2.19. The Morgan fingerprint density at radius 3 is 2.83 bits per heavy atom. The van der Waals surface area contributed by atoms with E-state index in [0.717, 1.165) is 27.2 Å². The molecule has 2 aromatic carbocycles. The molecule has 5 aromatic rings. The van der Waals surface area contributed by atoms with Crippen LogP contribution in [0.3, 0.4) is 0 Å². The summed E-state index contributed by atoms with van der Waals surface area (Å²) in [5.74, 6) is 0.949. The van der Waals surface area contributed by atoms with Gasteiger partial charge < -0.3 is 14.4 Å². The molecule has 0 bridgehead atoms. The highest BCUT2D eigenvalue weighted by molar-refractivity contribution is 7.13. The third kappa shape index (κ3) is 3.72. The number of carbonyl (C=O) groups excluding carboxylic acids is 1. The minimum atomic E-state index is -0.129. The van der Waals surface area contributed by atoms with Crippen LogP contribution >= 0.6 is 11.3 Å². The Hall–Kier alpha value is -3.78. The van der Waals surface area contributed by atoms with E-state index in [0.29, 0.717) is 18.1 Å². The van der Waals surface area contributed by atoms with Crippen molar-refractivity contribution in [3.63, 3.8) is 0 Å². The van der Waals surface area contributed by atoms with Crippen molar-refractivity contribution in [3.8, 4) is 10.7 Å². The first-order valence-electron chi connectivity index (χ1n) is 9.40. The molecule has 0 aliphatic carbocycles. The van der Waals surface area contributed by atoms with Gasteiger partial charge in [-0.15, -0.1) is 11.3 Å². The number of nitrogens with zero attached hydrogens (tertiary/aromatic N) is 4. The Bertz CT molecular complexity index is 1310. The largest absolute Gasteiger partial charge is 0.339 e. The number of aromatic nitrogens is 4.